The third kappa shape index (κ3) is 2.14. The van der Waals surface area contributed by atoms with E-state index in [9.17, 15) is 4.79 Å². The fraction of sp³-hybridized carbons (Fsp3) is 0.375. The van der Waals surface area contributed by atoms with Gasteiger partial charge in [0, 0.05) is 10.9 Å². The van der Waals surface area contributed by atoms with Crippen molar-refractivity contribution in [2.75, 3.05) is 0 Å². The molecular weight excluding hydrogens is 224 g/mol. The maximum absolute atomic E-state index is 11.5. The number of Topliss-reactive ketones (excluding diaryl/α,β-unsaturated/α-hetero) is 1. The van der Waals surface area contributed by atoms with Crippen LogP contribution in [0.2, 0.25) is 0 Å². The van der Waals surface area contributed by atoms with Crippen LogP contribution in [0.4, 0.5) is 0 Å². The normalized spacial score (nSPS) is 11.5. The Morgan fingerprint density at radius 3 is 2.64 bits per heavy atom. The maximum Gasteiger partial charge on any atom is 0.179 e. The van der Waals surface area contributed by atoms with Crippen molar-refractivity contribution < 1.29 is 4.79 Å². The highest BCUT2D eigenvalue weighted by Crippen LogP contribution is 2.22. The molecule has 3 heteroatoms. The quantitative estimate of drug-likeness (QED) is 0.566. The van der Waals surface area contributed by atoms with Crippen molar-refractivity contribution in [3.63, 3.8) is 0 Å². The fourth-order valence-corrected chi connectivity index (χ4v) is 1.60. The van der Waals surface area contributed by atoms with E-state index in [-0.39, 0.29) is 5.78 Å². The van der Waals surface area contributed by atoms with Crippen LogP contribution in [-0.2, 0) is 0 Å². The number of thiophene rings is 1. The van der Waals surface area contributed by atoms with Crippen LogP contribution in [0.25, 0.3) is 0 Å². The minimum atomic E-state index is -0.436. The highest BCUT2D eigenvalue weighted by atomic mass is 79.9. The van der Waals surface area contributed by atoms with Gasteiger partial charge in [0.15, 0.2) is 5.78 Å². The molecule has 0 aliphatic heterocycles. The second-order valence-corrected chi connectivity index (χ2v) is 5.58. The Labute approximate surface area is 78.6 Å². The molecule has 0 bridgehead atoms. The van der Waals surface area contributed by atoms with E-state index < -0.39 is 4.32 Å². The fourth-order valence-electron chi connectivity index (χ4n) is 0.737. The molecule has 0 aromatic carbocycles. The number of carbonyl (C=O) groups excluding carboxylic acids is 1. The van der Waals surface area contributed by atoms with Crippen LogP contribution in [0.1, 0.15) is 24.2 Å². The zero-order valence-corrected chi connectivity index (χ0v) is 8.83. The summed E-state index contributed by atoms with van der Waals surface area (Å²) in [5, 5.41) is 3.78. The van der Waals surface area contributed by atoms with Crippen LogP contribution in [-0.4, -0.2) is 10.1 Å². The van der Waals surface area contributed by atoms with Gasteiger partial charge in [-0.1, -0.05) is 15.9 Å². The number of halogens is 1. The van der Waals surface area contributed by atoms with Gasteiger partial charge >= 0.3 is 0 Å². The first-order valence-electron chi connectivity index (χ1n) is 3.28. The van der Waals surface area contributed by atoms with E-state index in [1.54, 1.807) is 11.3 Å². The first-order valence-corrected chi connectivity index (χ1v) is 5.01. The molecule has 1 heterocycles. The largest absolute Gasteiger partial charge is 0.293 e. The second-order valence-electron chi connectivity index (χ2n) is 2.81. The van der Waals surface area contributed by atoms with Gasteiger partial charge < -0.3 is 0 Å². The summed E-state index contributed by atoms with van der Waals surface area (Å²) >= 11 is 4.86. The molecule has 0 aliphatic carbocycles. The number of ketones is 1. The summed E-state index contributed by atoms with van der Waals surface area (Å²) in [6, 6.07) is 1.84. The molecule has 0 spiro atoms. The van der Waals surface area contributed by atoms with Gasteiger partial charge in [-0.15, -0.1) is 0 Å². The Kier molecular flexibility index (Phi) is 2.50. The van der Waals surface area contributed by atoms with Gasteiger partial charge in [0.05, 0.1) is 4.32 Å². The Morgan fingerprint density at radius 2 is 2.27 bits per heavy atom. The van der Waals surface area contributed by atoms with E-state index >= 15 is 0 Å². The molecule has 11 heavy (non-hydrogen) atoms. The van der Waals surface area contributed by atoms with Gasteiger partial charge in [0.2, 0.25) is 0 Å². The van der Waals surface area contributed by atoms with Crippen molar-refractivity contribution >= 4 is 33.0 Å². The molecule has 0 amide bonds. The molecule has 0 saturated heterocycles. The Morgan fingerprint density at radius 1 is 1.64 bits per heavy atom. The molecule has 0 aliphatic rings. The van der Waals surface area contributed by atoms with Gasteiger partial charge in [0.25, 0.3) is 0 Å². The molecule has 0 unspecified atom stereocenters. The van der Waals surface area contributed by atoms with E-state index in [0.29, 0.717) is 0 Å². The van der Waals surface area contributed by atoms with Crippen molar-refractivity contribution in [3.8, 4) is 0 Å². The van der Waals surface area contributed by atoms with Crippen molar-refractivity contribution in [2.45, 2.75) is 18.2 Å². The van der Waals surface area contributed by atoms with E-state index in [0.717, 1.165) is 5.56 Å². The number of carbonyl (C=O) groups is 1. The van der Waals surface area contributed by atoms with Crippen molar-refractivity contribution in [1.29, 1.82) is 0 Å². The second kappa shape index (κ2) is 3.07. The summed E-state index contributed by atoms with van der Waals surface area (Å²) in [5.41, 5.74) is 0.789. The minimum Gasteiger partial charge on any atom is -0.293 e. The minimum absolute atomic E-state index is 0.138. The van der Waals surface area contributed by atoms with Crippen molar-refractivity contribution in [3.05, 3.63) is 22.4 Å². The smallest absolute Gasteiger partial charge is 0.179 e. The summed E-state index contributed by atoms with van der Waals surface area (Å²) in [4.78, 5) is 11.5. The molecule has 0 atom stereocenters. The third-order valence-electron chi connectivity index (χ3n) is 1.32. The van der Waals surface area contributed by atoms with Crippen molar-refractivity contribution in [2.24, 2.45) is 0 Å². The maximum atomic E-state index is 11.5. The van der Waals surface area contributed by atoms with E-state index in [1.807, 2.05) is 30.7 Å². The Hall–Kier alpha value is -0.150. The van der Waals surface area contributed by atoms with E-state index in [2.05, 4.69) is 15.9 Å². The predicted molar refractivity (Wildman–Crippen MR) is 51.7 cm³/mol. The summed E-state index contributed by atoms with van der Waals surface area (Å²) < 4.78 is -0.436. The standard InChI is InChI=1S/C8H9BrOS/c1-8(2,9)7(10)6-3-4-11-5-6/h3-5H,1-2H3. The summed E-state index contributed by atoms with van der Waals surface area (Å²) in [7, 11) is 0. The van der Waals surface area contributed by atoms with Crippen LogP contribution in [0.15, 0.2) is 16.8 Å². The first-order chi connectivity index (χ1) is 5.02. The number of hydrogen-bond acceptors (Lipinski definition) is 2. The molecule has 0 saturated carbocycles. The molecule has 0 radical (unpaired) electrons. The van der Waals surface area contributed by atoms with Crippen LogP contribution < -0.4 is 0 Å². The van der Waals surface area contributed by atoms with E-state index in [1.165, 1.54) is 0 Å². The predicted octanol–water partition coefficient (Wildman–Crippen LogP) is 3.10. The Balaban J connectivity index is 2.88. The zero-order valence-electron chi connectivity index (χ0n) is 6.43. The lowest BCUT2D eigenvalue weighted by molar-refractivity contribution is 0.0961. The summed E-state index contributed by atoms with van der Waals surface area (Å²) in [6.45, 7) is 3.71. The highest BCUT2D eigenvalue weighted by molar-refractivity contribution is 9.10. The Bertz CT molecular complexity index is 246. The van der Waals surface area contributed by atoms with Crippen LogP contribution >= 0.6 is 27.3 Å². The highest BCUT2D eigenvalue weighted by Gasteiger charge is 2.24. The van der Waals surface area contributed by atoms with Gasteiger partial charge in [-0.3, -0.25) is 4.79 Å². The lowest BCUT2D eigenvalue weighted by atomic mass is 10.0. The molecule has 1 nitrogen and oxygen atoms in total. The van der Waals surface area contributed by atoms with Crippen LogP contribution in [0.3, 0.4) is 0 Å². The number of alkyl halides is 1. The average molecular weight is 233 g/mol. The monoisotopic (exact) mass is 232 g/mol. The first kappa shape index (κ1) is 8.94. The van der Waals surface area contributed by atoms with Gasteiger partial charge in [-0.2, -0.15) is 11.3 Å². The SMILES string of the molecule is CC(C)(Br)C(=O)c1ccsc1. The third-order valence-corrected chi connectivity index (χ3v) is 2.37. The molecule has 60 valence electrons. The van der Waals surface area contributed by atoms with Crippen molar-refractivity contribution in [1.82, 2.24) is 0 Å². The molecule has 0 fully saturated rings. The molecule has 1 aromatic rings. The number of rotatable bonds is 2. The van der Waals surface area contributed by atoms with Crippen LogP contribution in [0.5, 0.6) is 0 Å². The van der Waals surface area contributed by atoms with Gasteiger partial charge in [0.1, 0.15) is 0 Å². The molecule has 1 aromatic heterocycles. The average Bonchev–Trinajstić information content (AvgIpc) is 2.34. The topological polar surface area (TPSA) is 17.1 Å². The van der Waals surface area contributed by atoms with Gasteiger partial charge in [-0.05, 0) is 25.3 Å². The zero-order chi connectivity index (χ0) is 8.48. The lowest BCUT2D eigenvalue weighted by Gasteiger charge is -2.12. The summed E-state index contributed by atoms with van der Waals surface area (Å²) in [5.74, 6) is 0.138. The molecular formula is C8H9BrOS. The van der Waals surface area contributed by atoms with Gasteiger partial charge in [-0.25, -0.2) is 0 Å². The molecule has 0 N–H and O–H groups in total. The van der Waals surface area contributed by atoms with E-state index in [4.69, 9.17) is 0 Å². The number of hydrogen-bond donors (Lipinski definition) is 0. The molecule has 1 rings (SSSR count). The lowest BCUT2D eigenvalue weighted by Crippen LogP contribution is -2.23. The van der Waals surface area contributed by atoms with Crippen LogP contribution in [0, 0.1) is 0 Å². The summed E-state index contributed by atoms with van der Waals surface area (Å²) in [6.07, 6.45) is 0.